The zero-order valence-corrected chi connectivity index (χ0v) is 10.4. The van der Waals surface area contributed by atoms with Gasteiger partial charge in [-0.15, -0.1) is 0 Å². The van der Waals surface area contributed by atoms with Gasteiger partial charge in [0, 0.05) is 18.4 Å². The monoisotopic (exact) mass is 247 g/mol. The summed E-state index contributed by atoms with van der Waals surface area (Å²) < 4.78 is 15.2. The molecule has 2 aromatic rings. The Bertz CT molecular complexity index is 577. The molecule has 94 valence electrons. The van der Waals surface area contributed by atoms with Crippen LogP contribution < -0.4 is 0 Å². The highest BCUT2D eigenvalue weighted by atomic mass is 19.1. The number of rotatable bonds is 4. The number of hydrogen-bond donors (Lipinski definition) is 0. The van der Waals surface area contributed by atoms with Gasteiger partial charge in [-0.2, -0.15) is 5.10 Å². The number of Topliss-reactive ketones (excluding diaryl/α,β-unsaturated/α-hetero) is 1. The maximum absolute atomic E-state index is 13.4. The summed E-state index contributed by atoms with van der Waals surface area (Å²) in [6.07, 6.45) is 1.53. The Morgan fingerprint density at radius 2 is 2.28 bits per heavy atom. The van der Waals surface area contributed by atoms with Crippen molar-refractivity contribution in [1.29, 1.82) is 0 Å². The molecule has 0 saturated carbocycles. The number of halogens is 1. The third-order valence-electron chi connectivity index (χ3n) is 2.65. The molecule has 0 aromatic carbocycles. The number of carbonyl (C=O) groups is 1. The average molecular weight is 247 g/mol. The molecule has 18 heavy (non-hydrogen) atoms. The Hall–Kier alpha value is -2.04. The zero-order valence-electron chi connectivity index (χ0n) is 10.4. The van der Waals surface area contributed by atoms with Crippen LogP contribution in [0.25, 0.3) is 0 Å². The fourth-order valence-electron chi connectivity index (χ4n) is 1.85. The van der Waals surface area contributed by atoms with Gasteiger partial charge in [0.2, 0.25) is 0 Å². The number of hydrogen-bond acceptors (Lipinski definition) is 3. The van der Waals surface area contributed by atoms with Gasteiger partial charge >= 0.3 is 0 Å². The SMILES string of the molecule is CCn1nc(C)cc1CC(=O)c1ncccc1F. The molecule has 0 unspecified atom stereocenters. The third kappa shape index (κ3) is 2.45. The standard InChI is InChI=1S/C13H14FN3O/c1-3-17-10(7-9(2)16-17)8-12(18)13-11(14)5-4-6-15-13/h4-7H,3,8H2,1-2H3. The van der Waals surface area contributed by atoms with E-state index in [1.54, 1.807) is 4.68 Å². The van der Waals surface area contributed by atoms with Crippen LogP contribution in [0.2, 0.25) is 0 Å². The number of ketones is 1. The number of carbonyl (C=O) groups excluding carboxylic acids is 1. The highest BCUT2D eigenvalue weighted by Crippen LogP contribution is 2.10. The normalized spacial score (nSPS) is 10.6. The van der Waals surface area contributed by atoms with Crippen molar-refractivity contribution in [3.8, 4) is 0 Å². The maximum atomic E-state index is 13.4. The van der Waals surface area contributed by atoms with Crippen LogP contribution in [0.1, 0.15) is 28.8 Å². The summed E-state index contributed by atoms with van der Waals surface area (Å²) in [4.78, 5) is 15.8. The second-order valence-corrected chi connectivity index (χ2v) is 4.03. The van der Waals surface area contributed by atoms with Crippen LogP contribution in [0.4, 0.5) is 4.39 Å². The van der Waals surface area contributed by atoms with Crippen LogP contribution >= 0.6 is 0 Å². The number of pyridine rings is 1. The quantitative estimate of drug-likeness (QED) is 0.778. The summed E-state index contributed by atoms with van der Waals surface area (Å²) in [7, 11) is 0. The predicted molar refractivity (Wildman–Crippen MR) is 64.9 cm³/mol. The van der Waals surface area contributed by atoms with E-state index >= 15 is 0 Å². The summed E-state index contributed by atoms with van der Waals surface area (Å²) in [6.45, 7) is 4.49. The van der Waals surface area contributed by atoms with Gasteiger partial charge < -0.3 is 0 Å². The first-order valence-corrected chi connectivity index (χ1v) is 5.79. The van der Waals surface area contributed by atoms with Gasteiger partial charge in [-0.3, -0.25) is 14.5 Å². The Balaban J connectivity index is 2.24. The van der Waals surface area contributed by atoms with Crippen LogP contribution in [0.3, 0.4) is 0 Å². The van der Waals surface area contributed by atoms with Crippen molar-refractivity contribution in [2.24, 2.45) is 0 Å². The molecule has 2 aromatic heterocycles. The van der Waals surface area contributed by atoms with Gasteiger partial charge in [-0.25, -0.2) is 4.39 Å². The lowest BCUT2D eigenvalue weighted by Crippen LogP contribution is -2.12. The molecule has 0 N–H and O–H groups in total. The summed E-state index contributed by atoms with van der Waals surface area (Å²) in [5, 5.41) is 4.25. The van der Waals surface area contributed by atoms with E-state index in [0.717, 1.165) is 11.4 Å². The van der Waals surface area contributed by atoms with Gasteiger partial charge in [0.05, 0.1) is 12.1 Å². The number of aryl methyl sites for hydroxylation is 2. The van der Waals surface area contributed by atoms with Gasteiger partial charge in [-0.05, 0) is 32.0 Å². The van der Waals surface area contributed by atoms with E-state index in [1.165, 1.54) is 18.3 Å². The second-order valence-electron chi connectivity index (χ2n) is 4.03. The van der Waals surface area contributed by atoms with Gasteiger partial charge in [-0.1, -0.05) is 0 Å². The Labute approximate surface area is 104 Å². The molecule has 0 aliphatic carbocycles. The largest absolute Gasteiger partial charge is 0.292 e. The molecule has 0 aliphatic rings. The number of aromatic nitrogens is 3. The molecule has 4 nitrogen and oxygen atoms in total. The van der Waals surface area contributed by atoms with Crippen molar-refractivity contribution >= 4 is 5.78 Å². The Morgan fingerprint density at radius 3 is 2.94 bits per heavy atom. The Morgan fingerprint density at radius 1 is 1.50 bits per heavy atom. The van der Waals surface area contributed by atoms with Gasteiger partial charge in [0.25, 0.3) is 0 Å². The summed E-state index contributed by atoms with van der Waals surface area (Å²) >= 11 is 0. The Kier molecular flexibility index (Phi) is 3.50. The molecular weight excluding hydrogens is 233 g/mol. The molecule has 0 radical (unpaired) electrons. The molecule has 0 fully saturated rings. The van der Waals surface area contributed by atoms with Crippen molar-refractivity contribution in [3.05, 3.63) is 47.3 Å². The molecule has 0 saturated heterocycles. The summed E-state index contributed by atoms with van der Waals surface area (Å²) in [5.74, 6) is -0.913. The lowest BCUT2D eigenvalue weighted by Gasteiger charge is -2.04. The van der Waals surface area contributed by atoms with E-state index in [9.17, 15) is 9.18 Å². The first-order valence-electron chi connectivity index (χ1n) is 5.79. The van der Waals surface area contributed by atoms with Gasteiger partial charge in [0.15, 0.2) is 11.6 Å². The van der Waals surface area contributed by atoms with Crippen LogP contribution in [-0.2, 0) is 13.0 Å². The first kappa shape index (κ1) is 12.4. The number of nitrogens with zero attached hydrogens (tertiary/aromatic N) is 3. The van der Waals surface area contributed by atoms with Crippen LogP contribution in [0.5, 0.6) is 0 Å². The average Bonchev–Trinajstić information content (AvgIpc) is 2.70. The van der Waals surface area contributed by atoms with E-state index in [0.29, 0.717) is 6.54 Å². The fourth-order valence-corrected chi connectivity index (χ4v) is 1.85. The first-order chi connectivity index (χ1) is 8.61. The summed E-state index contributed by atoms with van der Waals surface area (Å²) in [5.41, 5.74) is 1.52. The highest BCUT2D eigenvalue weighted by Gasteiger charge is 2.16. The molecule has 0 aliphatic heterocycles. The van der Waals surface area contributed by atoms with Crippen molar-refractivity contribution in [3.63, 3.8) is 0 Å². The molecule has 2 heterocycles. The molecule has 0 spiro atoms. The van der Waals surface area contributed by atoms with E-state index in [2.05, 4.69) is 10.1 Å². The zero-order chi connectivity index (χ0) is 13.1. The van der Waals surface area contributed by atoms with E-state index in [1.807, 2.05) is 19.9 Å². The lowest BCUT2D eigenvalue weighted by molar-refractivity contribution is 0.0981. The second kappa shape index (κ2) is 5.08. The summed E-state index contributed by atoms with van der Waals surface area (Å²) in [6, 6.07) is 4.54. The van der Waals surface area contributed by atoms with Crippen molar-refractivity contribution in [1.82, 2.24) is 14.8 Å². The highest BCUT2D eigenvalue weighted by molar-refractivity contribution is 5.95. The lowest BCUT2D eigenvalue weighted by atomic mass is 10.1. The van der Waals surface area contributed by atoms with E-state index in [4.69, 9.17) is 0 Å². The molecule has 0 bridgehead atoms. The fraction of sp³-hybridized carbons (Fsp3) is 0.308. The third-order valence-corrected chi connectivity index (χ3v) is 2.65. The van der Waals surface area contributed by atoms with Crippen molar-refractivity contribution in [2.75, 3.05) is 0 Å². The molecule has 5 heteroatoms. The minimum absolute atomic E-state index is 0.112. The molecule has 2 rings (SSSR count). The van der Waals surface area contributed by atoms with Crippen molar-refractivity contribution in [2.45, 2.75) is 26.8 Å². The maximum Gasteiger partial charge on any atom is 0.190 e. The molecule has 0 amide bonds. The predicted octanol–water partition coefficient (Wildman–Crippen LogP) is 2.17. The smallest absolute Gasteiger partial charge is 0.190 e. The van der Waals surface area contributed by atoms with Crippen molar-refractivity contribution < 1.29 is 9.18 Å². The topological polar surface area (TPSA) is 47.8 Å². The van der Waals surface area contributed by atoms with Crippen LogP contribution in [0.15, 0.2) is 24.4 Å². The molecule has 0 atom stereocenters. The minimum atomic E-state index is -0.582. The minimum Gasteiger partial charge on any atom is -0.292 e. The van der Waals surface area contributed by atoms with Crippen LogP contribution in [-0.4, -0.2) is 20.5 Å². The molecular formula is C13H14FN3O. The van der Waals surface area contributed by atoms with E-state index in [-0.39, 0.29) is 17.9 Å². The van der Waals surface area contributed by atoms with Gasteiger partial charge in [0.1, 0.15) is 5.69 Å². The van der Waals surface area contributed by atoms with E-state index < -0.39 is 5.82 Å². The van der Waals surface area contributed by atoms with Crippen LogP contribution in [0, 0.1) is 12.7 Å².